The zero-order chi connectivity index (χ0) is 14.3. The van der Waals surface area contributed by atoms with Crippen LogP contribution in [0.25, 0.3) is 22.6 Å². The number of hydrogen-bond donors (Lipinski definition) is 1. The van der Waals surface area contributed by atoms with Gasteiger partial charge in [-0.15, -0.1) is 0 Å². The Bertz CT molecular complexity index is 774. The Morgan fingerprint density at radius 2 is 2.00 bits per heavy atom. The van der Waals surface area contributed by atoms with Crippen molar-refractivity contribution in [3.05, 3.63) is 42.1 Å². The van der Waals surface area contributed by atoms with Gasteiger partial charge in [-0.1, -0.05) is 12.1 Å². The summed E-state index contributed by atoms with van der Waals surface area (Å²) in [6.07, 6.45) is 1.78. The predicted molar refractivity (Wildman–Crippen MR) is 79.8 cm³/mol. The molecule has 20 heavy (non-hydrogen) atoms. The minimum Gasteiger partial charge on any atom is -0.508 e. The van der Waals surface area contributed by atoms with Crippen molar-refractivity contribution in [2.45, 2.75) is 26.8 Å². The van der Waals surface area contributed by atoms with Gasteiger partial charge in [0.2, 0.25) is 0 Å². The molecule has 0 bridgehead atoms. The highest BCUT2D eigenvalue weighted by Gasteiger charge is 2.16. The van der Waals surface area contributed by atoms with Gasteiger partial charge in [0.15, 0.2) is 5.65 Å². The number of aromatic nitrogens is 3. The first kappa shape index (κ1) is 12.7. The number of aromatic hydroxyl groups is 1. The lowest BCUT2D eigenvalue weighted by molar-refractivity contribution is 0.471. The molecule has 0 saturated carbocycles. The van der Waals surface area contributed by atoms with E-state index < -0.39 is 0 Å². The molecule has 4 heteroatoms. The Morgan fingerprint density at radius 1 is 1.20 bits per heavy atom. The first-order valence-corrected chi connectivity index (χ1v) is 6.71. The van der Waals surface area contributed by atoms with E-state index in [1.807, 2.05) is 31.2 Å². The maximum atomic E-state index is 9.91. The number of nitrogens with zero attached hydrogens (tertiary/aromatic N) is 3. The van der Waals surface area contributed by atoms with Gasteiger partial charge in [0.05, 0.1) is 0 Å². The van der Waals surface area contributed by atoms with Gasteiger partial charge >= 0.3 is 0 Å². The lowest BCUT2D eigenvalue weighted by atomic mass is 10.1. The number of phenols is 1. The maximum Gasteiger partial charge on any atom is 0.160 e. The lowest BCUT2D eigenvalue weighted by Gasteiger charge is -2.12. The smallest absolute Gasteiger partial charge is 0.160 e. The second kappa shape index (κ2) is 4.63. The van der Waals surface area contributed by atoms with Crippen LogP contribution in [-0.4, -0.2) is 19.6 Å². The van der Waals surface area contributed by atoms with Crippen LogP contribution >= 0.6 is 0 Å². The number of benzene rings is 1. The molecule has 0 amide bonds. The molecule has 2 heterocycles. The Kier molecular flexibility index (Phi) is 2.93. The van der Waals surface area contributed by atoms with Gasteiger partial charge in [0, 0.05) is 17.8 Å². The number of hydrogen-bond acceptors (Lipinski definition) is 3. The van der Waals surface area contributed by atoms with E-state index in [2.05, 4.69) is 28.4 Å². The van der Waals surface area contributed by atoms with Gasteiger partial charge in [-0.25, -0.2) is 9.97 Å². The summed E-state index contributed by atoms with van der Waals surface area (Å²) in [6.45, 7) is 6.09. The fourth-order valence-corrected chi connectivity index (χ4v) is 2.37. The zero-order valence-corrected chi connectivity index (χ0v) is 11.8. The molecule has 0 aliphatic carbocycles. The van der Waals surface area contributed by atoms with Crippen LogP contribution in [-0.2, 0) is 0 Å². The van der Waals surface area contributed by atoms with E-state index >= 15 is 0 Å². The standard InChI is InChI=1S/C16H17N3O/c1-10(2)19-15(12-7-6-11(3)14(20)9-12)18-13-5-4-8-17-16(13)19/h4-10,20H,1-3H3. The van der Waals surface area contributed by atoms with Gasteiger partial charge in [-0.3, -0.25) is 0 Å². The van der Waals surface area contributed by atoms with Crippen molar-refractivity contribution in [3.8, 4) is 17.1 Å². The highest BCUT2D eigenvalue weighted by Crippen LogP contribution is 2.30. The Labute approximate surface area is 117 Å². The maximum absolute atomic E-state index is 9.91. The highest BCUT2D eigenvalue weighted by molar-refractivity contribution is 5.77. The molecule has 0 aliphatic heterocycles. The van der Waals surface area contributed by atoms with Crippen molar-refractivity contribution in [1.82, 2.24) is 14.5 Å². The molecule has 0 aliphatic rings. The Hall–Kier alpha value is -2.36. The normalized spacial score (nSPS) is 11.4. The summed E-state index contributed by atoms with van der Waals surface area (Å²) < 4.78 is 2.10. The third kappa shape index (κ3) is 1.93. The van der Waals surface area contributed by atoms with E-state index in [1.165, 1.54) is 0 Å². The van der Waals surface area contributed by atoms with Crippen LogP contribution in [0.5, 0.6) is 5.75 Å². The van der Waals surface area contributed by atoms with Crippen LogP contribution in [0.1, 0.15) is 25.5 Å². The Morgan fingerprint density at radius 3 is 2.70 bits per heavy atom. The van der Waals surface area contributed by atoms with E-state index in [0.717, 1.165) is 28.1 Å². The molecule has 3 aromatic rings. The number of pyridine rings is 1. The molecule has 0 atom stereocenters. The van der Waals surface area contributed by atoms with Crippen LogP contribution in [0.15, 0.2) is 36.5 Å². The molecular weight excluding hydrogens is 250 g/mol. The van der Waals surface area contributed by atoms with Gasteiger partial charge in [0.25, 0.3) is 0 Å². The summed E-state index contributed by atoms with van der Waals surface area (Å²) >= 11 is 0. The van der Waals surface area contributed by atoms with E-state index in [4.69, 9.17) is 0 Å². The van der Waals surface area contributed by atoms with Crippen LogP contribution < -0.4 is 0 Å². The molecule has 1 aromatic carbocycles. The minimum absolute atomic E-state index is 0.244. The molecule has 0 saturated heterocycles. The Balaban J connectivity index is 2.29. The van der Waals surface area contributed by atoms with E-state index in [1.54, 1.807) is 12.3 Å². The summed E-state index contributed by atoms with van der Waals surface area (Å²) in [7, 11) is 0. The van der Waals surface area contributed by atoms with Crippen LogP contribution in [0.4, 0.5) is 0 Å². The summed E-state index contributed by atoms with van der Waals surface area (Å²) in [5.41, 5.74) is 3.51. The molecule has 0 radical (unpaired) electrons. The molecule has 0 unspecified atom stereocenters. The van der Waals surface area contributed by atoms with Gasteiger partial charge < -0.3 is 9.67 Å². The van der Waals surface area contributed by atoms with Crippen molar-refractivity contribution in [3.63, 3.8) is 0 Å². The molecular formula is C16H17N3O. The number of rotatable bonds is 2. The van der Waals surface area contributed by atoms with Crippen LogP contribution in [0.2, 0.25) is 0 Å². The minimum atomic E-state index is 0.244. The summed E-state index contributed by atoms with van der Waals surface area (Å²) in [4.78, 5) is 9.09. The fraction of sp³-hybridized carbons (Fsp3) is 0.250. The molecule has 1 N–H and O–H groups in total. The quantitative estimate of drug-likeness (QED) is 0.770. The molecule has 102 valence electrons. The van der Waals surface area contributed by atoms with E-state index in [9.17, 15) is 5.11 Å². The zero-order valence-electron chi connectivity index (χ0n) is 11.8. The topological polar surface area (TPSA) is 50.9 Å². The lowest BCUT2D eigenvalue weighted by Crippen LogP contribution is -2.04. The number of aryl methyl sites for hydroxylation is 1. The predicted octanol–water partition coefficient (Wildman–Crippen LogP) is 3.69. The van der Waals surface area contributed by atoms with Crippen LogP contribution in [0, 0.1) is 6.92 Å². The van der Waals surface area contributed by atoms with E-state index in [-0.39, 0.29) is 11.8 Å². The van der Waals surface area contributed by atoms with Gasteiger partial charge in [-0.05, 0) is 44.5 Å². The number of phenolic OH excluding ortho intramolecular Hbond substituents is 1. The molecule has 4 nitrogen and oxygen atoms in total. The van der Waals surface area contributed by atoms with Gasteiger partial charge in [0.1, 0.15) is 17.1 Å². The third-order valence-corrected chi connectivity index (χ3v) is 3.43. The van der Waals surface area contributed by atoms with Crippen molar-refractivity contribution >= 4 is 11.2 Å². The molecule has 0 fully saturated rings. The monoisotopic (exact) mass is 267 g/mol. The average molecular weight is 267 g/mol. The SMILES string of the molecule is Cc1ccc(-c2nc3cccnc3n2C(C)C)cc1O. The number of fused-ring (bicyclic) bond motifs is 1. The van der Waals surface area contributed by atoms with Crippen molar-refractivity contribution in [1.29, 1.82) is 0 Å². The van der Waals surface area contributed by atoms with Crippen molar-refractivity contribution in [2.24, 2.45) is 0 Å². The first-order chi connectivity index (χ1) is 9.58. The average Bonchev–Trinajstić information content (AvgIpc) is 2.81. The summed E-state index contributed by atoms with van der Waals surface area (Å²) in [5.74, 6) is 1.13. The van der Waals surface area contributed by atoms with Gasteiger partial charge in [-0.2, -0.15) is 0 Å². The first-order valence-electron chi connectivity index (χ1n) is 6.71. The highest BCUT2D eigenvalue weighted by atomic mass is 16.3. The van der Waals surface area contributed by atoms with Crippen LogP contribution in [0.3, 0.4) is 0 Å². The van der Waals surface area contributed by atoms with Crippen molar-refractivity contribution < 1.29 is 5.11 Å². The largest absolute Gasteiger partial charge is 0.508 e. The summed E-state index contributed by atoms with van der Waals surface area (Å²) in [5, 5.41) is 9.91. The molecule has 0 spiro atoms. The fourth-order valence-electron chi connectivity index (χ4n) is 2.37. The number of imidazole rings is 1. The third-order valence-electron chi connectivity index (χ3n) is 3.43. The summed E-state index contributed by atoms with van der Waals surface area (Å²) in [6, 6.07) is 9.73. The molecule has 2 aromatic heterocycles. The molecule has 3 rings (SSSR count). The van der Waals surface area contributed by atoms with E-state index in [0.29, 0.717) is 0 Å². The van der Waals surface area contributed by atoms with Crippen molar-refractivity contribution in [2.75, 3.05) is 0 Å². The second-order valence-electron chi connectivity index (χ2n) is 5.25. The second-order valence-corrected chi connectivity index (χ2v) is 5.25.